The van der Waals surface area contributed by atoms with Crippen molar-refractivity contribution in [2.75, 3.05) is 40.0 Å². The number of nitrogens with one attached hydrogen (secondary N) is 1. The number of nitrogens with zero attached hydrogens (tertiary/aromatic N) is 1. The van der Waals surface area contributed by atoms with Gasteiger partial charge in [-0.3, -0.25) is 4.79 Å². The van der Waals surface area contributed by atoms with Gasteiger partial charge in [0.1, 0.15) is 5.75 Å². The predicted octanol–water partition coefficient (Wildman–Crippen LogP) is 2.01. The van der Waals surface area contributed by atoms with Crippen LogP contribution in [0.5, 0.6) is 5.75 Å². The number of sulfonamides is 1. The summed E-state index contributed by atoms with van der Waals surface area (Å²) < 4.78 is 37.9. The maximum Gasteiger partial charge on any atom is 0.243 e. The van der Waals surface area contributed by atoms with E-state index < -0.39 is 10.0 Å². The van der Waals surface area contributed by atoms with Gasteiger partial charge in [0.25, 0.3) is 0 Å². The number of benzene rings is 2. The van der Waals surface area contributed by atoms with E-state index in [-0.39, 0.29) is 17.2 Å². The van der Waals surface area contributed by atoms with Crippen molar-refractivity contribution in [3.05, 3.63) is 59.7 Å². The average molecular weight is 433 g/mol. The number of morpholine rings is 1. The lowest BCUT2D eigenvalue weighted by molar-refractivity contribution is -0.121. The zero-order chi connectivity index (χ0) is 21.4. The first-order valence-corrected chi connectivity index (χ1v) is 11.5. The minimum absolute atomic E-state index is 0.0746. The third-order valence-electron chi connectivity index (χ3n) is 5.06. The quantitative estimate of drug-likeness (QED) is 0.655. The second-order valence-electron chi connectivity index (χ2n) is 7.08. The van der Waals surface area contributed by atoms with E-state index in [9.17, 15) is 13.2 Å². The standard InChI is InChI=1S/C22H28N2O5S/c1-28-21-9-8-20(30(26,27)24-13-15-29-16-14-24)17-19(21)7-10-22(25)23-12-11-18-5-3-2-4-6-18/h2-6,8-9,17H,7,10-16H2,1H3,(H,23,25). The van der Waals surface area contributed by atoms with Gasteiger partial charge in [-0.2, -0.15) is 4.31 Å². The third kappa shape index (κ3) is 5.81. The largest absolute Gasteiger partial charge is 0.496 e. The molecular weight excluding hydrogens is 404 g/mol. The molecule has 1 amide bonds. The lowest BCUT2D eigenvalue weighted by Crippen LogP contribution is -2.40. The number of carbonyl (C=O) groups is 1. The van der Waals surface area contributed by atoms with Crippen molar-refractivity contribution in [1.29, 1.82) is 0 Å². The Bertz CT molecular complexity index is 941. The molecule has 0 bridgehead atoms. The van der Waals surface area contributed by atoms with Crippen LogP contribution in [-0.2, 0) is 32.4 Å². The van der Waals surface area contributed by atoms with E-state index in [1.807, 2.05) is 30.3 Å². The van der Waals surface area contributed by atoms with E-state index in [4.69, 9.17) is 9.47 Å². The number of hydrogen-bond donors (Lipinski definition) is 1. The summed E-state index contributed by atoms with van der Waals surface area (Å²) in [6.07, 6.45) is 1.42. The second kappa shape index (κ2) is 10.6. The van der Waals surface area contributed by atoms with Crippen LogP contribution in [0.1, 0.15) is 17.5 Å². The number of rotatable bonds is 9. The SMILES string of the molecule is COc1ccc(S(=O)(=O)N2CCOCC2)cc1CCC(=O)NCCc1ccccc1. The van der Waals surface area contributed by atoms with Crippen LogP contribution in [-0.4, -0.2) is 58.6 Å². The molecule has 8 heteroatoms. The van der Waals surface area contributed by atoms with Gasteiger partial charge in [0, 0.05) is 26.1 Å². The summed E-state index contributed by atoms with van der Waals surface area (Å²) in [5, 5.41) is 2.92. The van der Waals surface area contributed by atoms with Gasteiger partial charge in [0.15, 0.2) is 0 Å². The number of ether oxygens (including phenoxy) is 2. The normalized spacial score (nSPS) is 15.0. The van der Waals surface area contributed by atoms with E-state index in [0.29, 0.717) is 50.6 Å². The molecule has 1 fully saturated rings. The molecule has 162 valence electrons. The zero-order valence-corrected chi connectivity index (χ0v) is 18.0. The van der Waals surface area contributed by atoms with E-state index in [2.05, 4.69) is 5.32 Å². The minimum Gasteiger partial charge on any atom is -0.496 e. The monoisotopic (exact) mass is 432 g/mol. The van der Waals surface area contributed by atoms with Crippen LogP contribution in [0.3, 0.4) is 0 Å². The molecule has 0 aliphatic carbocycles. The molecule has 30 heavy (non-hydrogen) atoms. The summed E-state index contributed by atoms with van der Waals surface area (Å²) in [6.45, 7) is 2.03. The Morgan fingerprint density at radius 1 is 1.10 bits per heavy atom. The molecule has 2 aromatic carbocycles. The molecule has 1 aliphatic rings. The van der Waals surface area contributed by atoms with Crippen molar-refractivity contribution in [2.24, 2.45) is 0 Å². The highest BCUT2D eigenvalue weighted by atomic mass is 32.2. The van der Waals surface area contributed by atoms with Gasteiger partial charge < -0.3 is 14.8 Å². The topological polar surface area (TPSA) is 84.9 Å². The fourth-order valence-electron chi connectivity index (χ4n) is 3.37. The predicted molar refractivity (Wildman–Crippen MR) is 114 cm³/mol. The molecule has 7 nitrogen and oxygen atoms in total. The van der Waals surface area contributed by atoms with E-state index >= 15 is 0 Å². The number of hydrogen-bond acceptors (Lipinski definition) is 5. The Morgan fingerprint density at radius 3 is 2.53 bits per heavy atom. The van der Waals surface area contributed by atoms with Crippen LogP contribution >= 0.6 is 0 Å². The fourth-order valence-corrected chi connectivity index (χ4v) is 4.83. The maximum absolute atomic E-state index is 12.9. The number of methoxy groups -OCH3 is 1. The lowest BCUT2D eigenvalue weighted by Gasteiger charge is -2.26. The van der Waals surface area contributed by atoms with Crippen LogP contribution in [0.15, 0.2) is 53.4 Å². The highest BCUT2D eigenvalue weighted by Crippen LogP contribution is 2.26. The molecule has 1 heterocycles. The molecule has 0 unspecified atom stereocenters. The minimum atomic E-state index is -3.60. The molecule has 0 saturated carbocycles. The molecule has 1 aliphatic heterocycles. The Morgan fingerprint density at radius 2 is 1.83 bits per heavy atom. The van der Waals surface area contributed by atoms with Gasteiger partial charge >= 0.3 is 0 Å². The lowest BCUT2D eigenvalue weighted by atomic mass is 10.1. The first kappa shape index (κ1) is 22.3. The van der Waals surface area contributed by atoms with Gasteiger partial charge in [0.2, 0.25) is 15.9 Å². The Kier molecular flexibility index (Phi) is 7.84. The number of carbonyl (C=O) groups excluding carboxylic acids is 1. The molecule has 0 radical (unpaired) electrons. The van der Waals surface area contributed by atoms with Crippen molar-refractivity contribution in [1.82, 2.24) is 9.62 Å². The number of amides is 1. The molecule has 1 saturated heterocycles. The first-order valence-electron chi connectivity index (χ1n) is 10.1. The van der Waals surface area contributed by atoms with Crippen molar-refractivity contribution in [2.45, 2.75) is 24.2 Å². The first-order chi connectivity index (χ1) is 14.5. The third-order valence-corrected chi connectivity index (χ3v) is 6.95. The van der Waals surface area contributed by atoms with Gasteiger partial charge in [-0.1, -0.05) is 30.3 Å². The second-order valence-corrected chi connectivity index (χ2v) is 9.01. The van der Waals surface area contributed by atoms with Crippen molar-refractivity contribution in [3.8, 4) is 5.75 Å². The summed E-state index contributed by atoms with van der Waals surface area (Å²) in [4.78, 5) is 12.5. The van der Waals surface area contributed by atoms with Gasteiger partial charge in [-0.15, -0.1) is 0 Å². The van der Waals surface area contributed by atoms with Crippen LogP contribution in [0.25, 0.3) is 0 Å². The highest BCUT2D eigenvalue weighted by Gasteiger charge is 2.27. The Hall–Kier alpha value is -2.42. The zero-order valence-electron chi connectivity index (χ0n) is 17.2. The molecule has 3 rings (SSSR count). The van der Waals surface area contributed by atoms with Crippen LogP contribution < -0.4 is 10.1 Å². The maximum atomic E-state index is 12.9. The molecule has 0 atom stereocenters. The van der Waals surface area contributed by atoms with E-state index in [1.165, 1.54) is 17.0 Å². The van der Waals surface area contributed by atoms with Gasteiger partial charge in [0.05, 0.1) is 25.2 Å². The van der Waals surface area contributed by atoms with Crippen molar-refractivity contribution >= 4 is 15.9 Å². The fraction of sp³-hybridized carbons (Fsp3) is 0.409. The summed E-state index contributed by atoms with van der Waals surface area (Å²) in [7, 11) is -2.06. The molecule has 0 spiro atoms. The summed E-state index contributed by atoms with van der Waals surface area (Å²) >= 11 is 0. The van der Waals surface area contributed by atoms with Crippen LogP contribution in [0.4, 0.5) is 0 Å². The molecular formula is C22H28N2O5S. The van der Waals surface area contributed by atoms with E-state index in [0.717, 1.165) is 6.42 Å². The summed E-state index contributed by atoms with van der Waals surface area (Å²) in [6, 6.07) is 14.8. The molecule has 2 aromatic rings. The van der Waals surface area contributed by atoms with Gasteiger partial charge in [-0.25, -0.2) is 8.42 Å². The number of aryl methyl sites for hydroxylation is 1. The smallest absolute Gasteiger partial charge is 0.243 e. The molecule has 0 aromatic heterocycles. The Balaban J connectivity index is 1.60. The summed E-state index contributed by atoms with van der Waals surface area (Å²) in [5.41, 5.74) is 1.87. The van der Waals surface area contributed by atoms with Gasteiger partial charge in [-0.05, 0) is 42.2 Å². The van der Waals surface area contributed by atoms with Crippen molar-refractivity contribution < 1.29 is 22.7 Å². The molecule has 1 N–H and O–H groups in total. The highest BCUT2D eigenvalue weighted by molar-refractivity contribution is 7.89. The van der Waals surface area contributed by atoms with Crippen LogP contribution in [0, 0.1) is 0 Å². The van der Waals surface area contributed by atoms with E-state index in [1.54, 1.807) is 18.2 Å². The van der Waals surface area contributed by atoms with Crippen molar-refractivity contribution in [3.63, 3.8) is 0 Å². The Labute approximate surface area is 178 Å². The summed E-state index contributed by atoms with van der Waals surface area (Å²) in [5.74, 6) is 0.502. The van der Waals surface area contributed by atoms with Crippen LogP contribution in [0.2, 0.25) is 0 Å². The average Bonchev–Trinajstić information content (AvgIpc) is 2.78.